The van der Waals surface area contributed by atoms with E-state index < -0.39 is 0 Å². The predicted molar refractivity (Wildman–Crippen MR) is 78.1 cm³/mol. The molecule has 19 heavy (non-hydrogen) atoms. The lowest BCUT2D eigenvalue weighted by atomic mass is 10.1. The van der Waals surface area contributed by atoms with Gasteiger partial charge in [-0.3, -0.25) is 4.79 Å². The number of hydrogen-bond donors (Lipinski definition) is 1. The van der Waals surface area contributed by atoms with E-state index in [9.17, 15) is 4.79 Å². The molecule has 4 heteroatoms. The average Bonchev–Trinajstić information content (AvgIpc) is 2.42. The van der Waals surface area contributed by atoms with Crippen molar-refractivity contribution in [2.75, 3.05) is 19.4 Å². The van der Waals surface area contributed by atoms with Gasteiger partial charge in [0.15, 0.2) is 0 Å². The zero-order valence-corrected chi connectivity index (χ0v) is 12.1. The number of carbonyl (C=O) groups excluding carboxylic acids is 1. The average molecular weight is 264 g/mol. The van der Waals surface area contributed by atoms with Gasteiger partial charge >= 0.3 is 0 Å². The molecule has 0 aliphatic rings. The quantitative estimate of drug-likeness (QED) is 0.770. The van der Waals surface area contributed by atoms with E-state index in [2.05, 4.69) is 13.8 Å². The molecule has 0 fully saturated rings. The number of nitrogens with zero attached hydrogens (tertiary/aromatic N) is 1. The van der Waals surface area contributed by atoms with Crippen LogP contribution in [0.4, 0.5) is 5.69 Å². The van der Waals surface area contributed by atoms with Crippen LogP contribution in [0.2, 0.25) is 0 Å². The van der Waals surface area contributed by atoms with Gasteiger partial charge in [-0.15, -0.1) is 0 Å². The Morgan fingerprint density at radius 2 is 1.95 bits per heavy atom. The van der Waals surface area contributed by atoms with Crippen molar-refractivity contribution in [1.29, 1.82) is 0 Å². The maximum absolute atomic E-state index is 12.0. The second kappa shape index (κ2) is 7.67. The van der Waals surface area contributed by atoms with Crippen molar-refractivity contribution in [1.82, 2.24) is 4.90 Å². The van der Waals surface area contributed by atoms with Crippen LogP contribution in [0.3, 0.4) is 0 Å². The third-order valence-corrected chi connectivity index (χ3v) is 3.38. The highest BCUT2D eigenvalue weighted by Gasteiger charge is 2.16. The second-order valence-corrected chi connectivity index (χ2v) is 4.61. The summed E-state index contributed by atoms with van der Waals surface area (Å²) in [6.45, 7) is 4.55. The lowest BCUT2D eigenvalue weighted by Crippen LogP contribution is -2.36. The van der Waals surface area contributed by atoms with Crippen LogP contribution in [0, 0.1) is 0 Å². The molecule has 1 rings (SSSR count). The molecule has 2 N–H and O–H groups in total. The minimum atomic E-state index is 0.114. The minimum Gasteiger partial charge on any atom is -0.491 e. The summed E-state index contributed by atoms with van der Waals surface area (Å²) < 4.78 is 5.53. The molecular weight excluding hydrogens is 240 g/mol. The SMILES string of the molecule is CCC(CC)N(C)C(=O)CCOc1ccccc1N. The normalized spacial score (nSPS) is 10.5. The van der Waals surface area contributed by atoms with Gasteiger partial charge < -0.3 is 15.4 Å². The molecule has 1 aromatic rings. The summed E-state index contributed by atoms with van der Waals surface area (Å²) in [5, 5.41) is 0. The molecule has 1 amide bonds. The lowest BCUT2D eigenvalue weighted by molar-refractivity contribution is -0.132. The zero-order chi connectivity index (χ0) is 14.3. The Balaban J connectivity index is 2.41. The van der Waals surface area contributed by atoms with Gasteiger partial charge in [0.05, 0.1) is 18.7 Å². The molecule has 0 radical (unpaired) electrons. The van der Waals surface area contributed by atoms with E-state index in [-0.39, 0.29) is 5.91 Å². The smallest absolute Gasteiger partial charge is 0.225 e. The van der Waals surface area contributed by atoms with E-state index in [0.29, 0.717) is 30.5 Å². The van der Waals surface area contributed by atoms with Gasteiger partial charge in [-0.05, 0) is 25.0 Å². The fourth-order valence-electron chi connectivity index (χ4n) is 2.08. The topological polar surface area (TPSA) is 55.6 Å². The number of hydrogen-bond acceptors (Lipinski definition) is 3. The first-order chi connectivity index (χ1) is 9.10. The van der Waals surface area contributed by atoms with Crippen LogP contribution in [-0.4, -0.2) is 30.5 Å². The molecule has 0 saturated carbocycles. The summed E-state index contributed by atoms with van der Waals surface area (Å²) in [6.07, 6.45) is 2.33. The molecular formula is C15H24N2O2. The third kappa shape index (κ3) is 4.47. The molecule has 4 nitrogen and oxygen atoms in total. The number of ether oxygens (including phenoxy) is 1. The summed E-state index contributed by atoms with van der Waals surface area (Å²) in [5.41, 5.74) is 6.37. The number of para-hydroxylation sites is 2. The van der Waals surface area contributed by atoms with E-state index in [1.165, 1.54) is 0 Å². The molecule has 0 aromatic heterocycles. The van der Waals surface area contributed by atoms with Gasteiger partial charge in [0.25, 0.3) is 0 Å². The molecule has 0 spiro atoms. The number of benzene rings is 1. The van der Waals surface area contributed by atoms with E-state index in [4.69, 9.17) is 10.5 Å². The van der Waals surface area contributed by atoms with Crippen LogP contribution in [0.5, 0.6) is 5.75 Å². The molecule has 0 bridgehead atoms. The Hall–Kier alpha value is -1.71. The molecule has 106 valence electrons. The van der Waals surface area contributed by atoms with Crippen LogP contribution >= 0.6 is 0 Å². The first-order valence-electron chi connectivity index (χ1n) is 6.83. The van der Waals surface area contributed by atoms with Crippen molar-refractivity contribution >= 4 is 11.6 Å². The van der Waals surface area contributed by atoms with E-state index in [1.54, 1.807) is 6.07 Å². The van der Waals surface area contributed by atoms with Crippen LogP contribution in [0.1, 0.15) is 33.1 Å². The summed E-state index contributed by atoms with van der Waals surface area (Å²) in [5.74, 6) is 0.753. The van der Waals surface area contributed by atoms with Crippen molar-refractivity contribution in [3.63, 3.8) is 0 Å². The second-order valence-electron chi connectivity index (χ2n) is 4.61. The molecule has 0 saturated heterocycles. The number of anilines is 1. The summed E-state index contributed by atoms with van der Waals surface area (Å²) in [7, 11) is 1.86. The lowest BCUT2D eigenvalue weighted by Gasteiger charge is -2.26. The van der Waals surface area contributed by atoms with Gasteiger partial charge in [0.2, 0.25) is 5.91 Å². The fourth-order valence-corrected chi connectivity index (χ4v) is 2.08. The number of amides is 1. The van der Waals surface area contributed by atoms with E-state index >= 15 is 0 Å². The maximum Gasteiger partial charge on any atom is 0.225 e. The van der Waals surface area contributed by atoms with Crippen LogP contribution < -0.4 is 10.5 Å². The molecule has 1 aromatic carbocycles. The van der Waals surface area contributed by atoms with Gasteiger partial charge in [0, 0.05) is 13.1 Å². The van der Waals surface area contributed by atoms with Crippen molar-refractivity contribution in [3.8, 4) is 5.75 Å². The molecule has 0 unspecified atom stereocenters. The first kappa shape index (κ1) is 15.3. The van der Waals surface area contributed by atoms with E-state index in [0.717, 1.165) is 12.8 Å². The number of carbonyl (C=O) groups is 1. The van der Waals surface area contributed by atoms with Crippen LogP contribution in [0.25, 0.3) is 0 Å². The maximum atomic E-state index is 12.0. The highest BCUT2D eigenvalue weighted by molar-refractivity contribution is 5.76. The Kier molecular flexibility index (Phi) is 6.19. The molecule has 0 heterocycles. The minimum absolute atomic E-state index is 0.114. The highest BCUT2D eigenvalue weighted by Crippen LogP contribution is 2.19. The van der Waals surface area contributed by atoms with E-state index in [1.807, 2.05) is 30.1 Å². The van der Waals surface area contributed by atoms with Crippen molar-refractivity contribution < 1.29 is 9.53 Å². The Morgan fingerprint density at radius 3 is 2.53 bits per heavy atom. The molecule has 0 aliphatic heterocycles. The van der Waals surface area contributed by atoms with Crippen molar-refractivity contribution in [3.05, 3.63) is 24.3 Å². The van der Waals surface area contributed by atoms with Gasteiger partial charge in [-0.1, -0.05) is 26.0 Å². The number of nitrogen functional groups attached to an aromatic ring is 1. The van der Waals surface area contributed by atoms with Gasteiger partial charge in [0.1, 0.15) is 5.75 Å². The first-order valence-corrected chi connectivity index (χ1v) is 6.83. The summed E-state index contributed by atoms with van der Waals surface area (Å²) in [4.78, 5) is 13.8. The Labute approximate surface area is 115 Å². The largest absolute Gasteiger partial charge is 0.491 e. The van der Waals surface area contributed by atoms with Crippen LogP contribution in [0.15, 0.2) is 24.3 Å². The highest BCUT2D eigenvalue weighted by atomic mass is 16.5. The Bertz CT molecular complexity index is 403. The zero-order valence-electron chi connectivity index (χ0n) is 12.1. The predicted octanol–water partition coefficient (Wildman–Crippen LogP) is 2.68. The Morgan fingerprint density at radius 1 is 1.32 bits per heavy atom. The van der Waals surface area contributed by atoms with Crippen molar-refractivity contribution in [2.45, 2.75) is 39.2 Å². The fraction of sp³-hybridized carbons (Fsp3) is 0.533. The molecule has 0 atom stereocenters. The number of nitrogens with two attached hydrogens (primary N) is 1. The third-order valence-electron chi connectivity index (χ3n) is 3.38. The number of rotatable bonds is 7. The standard InChI is InChI=1S/C15H24N2O2/c1-4-12(5-2)17(3)15(18)10-11-19-14-9-7-6-8-13(14)16/h6-9,12H,4-5,10-11,16H2,1-3H3. The summed E-state index contributed by atoms with van der Waals surface area (Å²) in [6, 6.07) is 7.63. The van der Waals surface area contributed by atoms with Gasteiger partial charge in [-0.25, -0.2) is 0 Å². The van der Waals surface area contributed by atoms with Gasteiger partial charge in [-0.2, -0.15) is 0 Å². The monoisotopic (exact) mass is 264 g/mol. The summed E-state index contributed by atoms with van der Waals surface area (Å²) >= 11 is 0. The van der Waals surface area contributed by atoms with Crippen LogP contribution in [-0.2, 0) is 4.79 Å². The molecule has 0 aliphatic carbocycles. The van der Waals surface area contributed by atoms with Crippen molar-refractivity contribution in [2.24, 2.45) is 0 Å².